The minimum Gasteiger partial charge on any atom is -0.550 e. The molecule has 4 nitrogen and oxygen atoms in total. The maximum atomic E-state index is 9.50. The van der Waals surface area contributed by atoms with E-state index in [1.54, 1.807) is 0 Å². The molecule has 0 aliphatic rings. The van der Waals surface area contributed by atoms with E-state index in [4.69, 9.17) is 0 Å². The Balaban J connectivity index is -0.000000245. The summed E-state index contributed by atoms with van der Waals surface area (Å²) in [7, 11) is 0. The Morgan fingerprint density at radius 2 is 1.10 bits per heavy atom. The van der Waals surface area contributed by atoms with Crippen molar-refractivity contribution in [2.24, 2.45) is 0 Å². The van der Waals surface area contributed by atoms with Gasteiger partial charge in [0.25, 0.3) is 0 Å². The zero-order valence-corrected chi connectivity index (χ0v) is 6.05. The smallest absolute Gasteiger partial charge is 0.550 e. The quantitative estimate of drug-likeness (QED) is 0.355. The van der Waals surface area contributed by atoms with Gasteiger partial charge in [0, 0.05) is 11.9 Å². The average molecular weight is 130 g/mol. The van der Waals surface area contributed by atoms with Crippen molar-refractivity contribution in [3.8, 4) is 0 Å². The number of hydrogen-bond donors (Lipinski definition) is 0. The summed E-state index contributed by atoms with van der Waals surface area (Å²) in [5.74, 6) is -2.73. The minimum atomic E-state index is -1.37. The second kappa shape index (κ2) is 9.13. The number of carbonyl (C=O) groups excluding carboxylic acids is 2. The first-order chi connectivity index (χ1) is 3.63. The normalized spacial score (nSPS) is 6.80. The number of carboxylic acid groups (broad SMARTS) is 2. The summed E-state index contributed by atoms with van der Waals surface area (Å²) < 4.78 is 0. The molecule has 0 N–H and O–H groups in total. The summed E-state index contributed by atoms with van der Waals surface area (Å²) in [6.07, 6.45) is -0.940. The number of carbonyl (C=O) groups is 2. The van der Waals surface area contributed by atoms with Crippen LogP contribution in [0.2, 0.25) is 0 Å². The molecule has 0 spiro atoms. The van der Waals surface area contributed by atoms with Crippen LogP contribution in [0.3, 0.4) is 0 Å². The van der Waals surface area contributed by atoms with Crippen LogP contribution >= 0.6 is 0 Å². The van der Waals surface area contributed by atoms with Crippen LogP contribution in [0, 0.1) is 0 Å². The van der Waals surface area contributed by atoms with Crippen LogP contribution in [0.4, 0.5) is 0 Å². The Kier molecular flexibility index (Phi) is 15.2. The molecule has 0 aromatic carbocycles. The standard InChI is InChI=1S/C4H6O4.2Li/c5-3(6)1-2-4(7)8;;/h1-2H2,(H,5,6)(H,7,8);;/q;2*+1/p-2. The molecule has 10 heavy (non-hydrogen) atoms. The first kappa shape index (κ1) is 16.6. The van der Waals surface area contributed by atoms with Crippen molar-refractivity contribution in [2.75, 3.05) is 0 Å². The van der Waals surface area contributed by atoms with Crippen LogP contribution in [0.1, 0.15) is 12.8 Å². The van der Waals surface area contributed by atoms with Crippen LogP contribution in [0.15, 0.2) is 0 Å². The van der Waals surface area contributed by atoms with Gasteiger partial charge in [-0.2, -0.15) is 0 Å². The second-order valence-electron chi connectivity index (χ2n) is 1.24. The topological polar surface area (TPSA) is 80.3 Å². The molecule has 0 bridgehead atoms. The number of rotatable bonds is 3. The van der Waals surface area contributed by atoms with Crippen LogP contribution in [-0.2, 0) is 9.59 Å². The first-order valence-electron chi connectivity index (χ1n) is 2.02. The molecule has 0 saturated carbocycles. The van der Waals surface area contributed by atoms with E-state index in [1.807, 2.05) is 0 Å². The largest absolute Gasteiger partial charge is 1.00 e. The van der Waals surface area contributed by atoms with Gasteiger partial charge in [0.2, 0.25) is 0 Å². The Morgan fingerprint density at radius 3 is 1.20 bits per heavy atom. The molecule has 0 heterocycles. The van der Waals surface area contributed by atoms with E-state index in [2.05, 4.69) is 0 Å². The van der Waals surface area contributed by atoms with Crippen molar-refractivity contribution in [3.63, 3.8) is 0 Å². The molecular formula is C4H4Li2O4. The molecular weight excluding hydrogens is 126 g/mol. The molecule has 0 radical (unpaired) electrons. The molecule has 46 valence electrons. The van der Waals surface area contributed by atoms with E-state index in [1.165, 1.54) is 0 Å². The summed E-state index contributed by atoms with van der Waals surface area (Å²) in [4.78, 5) is 19.0. The van der Waals surface area contributed by atoms with Crippen LogP contribution < -0.4 is 47.9 Å². The first-order valence-corrected chi connectivity index (χ1v) is 2.02. The molecule has 6 heteroatoms. The molecule has 0 amide bonds. The molecule has 0 aromatic heterocycles. The van der Waals surface area contributed by atoms with E-state index in [0.29, 0.717) is 0 Å². The molecule has 0 rings (SSSR count). The third-order valence-electron chi connectivity index (χ3n) is 0.533. The molecule has 0 aromatic rings. The van der Waals surface area contributed by atoms with Gasteiger partial charge < -0.3 is 19.8 Å². The van der Waals surface area contributed by atoms with Crippen molar-refractivity contribution >= 4 is 11.9 Å². The van der Waals surface area contributed by atoms with Crippen molar-refractivity contribution in [1.29, 1.82) is 0 Å². The Labute approximate surface area is 82.3 Å². The number of aliphatic carboxylic acids is 2. The van der Waals surface area contributed by atoms with Gasteiger partial charge in [-0.3, -0.25) is 0 Å². The van der Waals surface area contributed by atoms with Gasteiger partial charge in [-0.1, -0.05) is 0 Å². The molecule has 0 fully saturated rings. The van der Waals surface area contributed by atoms with E-state index in [9.17, 15) is 19.8 Å². The van der Waals surface area contributed by atoms with Crippen molar-refractivity contribution in [1.82, 2.24) is 0 Å². The SMILES string of the molecule is O=C([O-])CCC(=O)[O-].[Li+].[Li+]. The molecule has 0 atom stereocenters. The Bertz CT molecular complexity index is 99.8. The summed E-state index contributed by atoms with van der Waals surface area (Å²) in [5, 5.41) is 19.0. The zero-order chi connectivity index (χ0) is 6.57. The summed E-state index contributed by atoms with van der Waals surface area (Å²) in [6, 6.07) is 0. The fourth-order valence-corrected chi connectivity index (χ4v) is 0.204. The Morgan fingerprint density at radius 1 is 0.900 bits per heavy atom. The maximum absolute atomic E-state index is 9.50. The molecule has 0 saturated heterocycles. The van der Waals surface area contributed by atoms with Crippen molar-refractivity contribution < 1.29 is 57.5 Å². The monoisotopic (exact) mass is 130 g/mol. The van der Waals surface area contributed by atoms with Gasteiger partial charge in [-0.25, -0.2) is 0 Å². The fraction of sp³-hybridized carbons (Fsp3) is 0.500. The molecule has 0 aliphatic heterocycles. The van der Waals surface area contributed by atoms with Crippen LogP contribution in [0.5, 0.6) is 0 Å². The van der Waals surface area contributed by atoms with Gasteiger partial charge in [0.15, 0.2) is 0 Å². The fourth-order valence-electron chi connectivity index (χ4n) is 0.204. The number of hydrogen-bond acceptors (Lipinski definition) is 4. The van der Waals surface area contributed by atoms with Gasteiger partial charge in [0.05, 0.1) is 0 Å². The number of carboxylic acids is 2. The van der Waals surface area contributed by atoms with Gasteiger partial charge in [0.1, 0.15) is 0 Å². The van der Waals surface area contributed by atoms with Crippen LogP contribution in [-0.4, -0.2) is 11.9 Å². The predicted molar refractivity (Wildman–Crippen MR) is 19.2 cm³/mol. The van der Waals surface area contributed by atoms with Crippen molar-refractivity contribution in [3.05, 3.63) is 0 Å². The summed E-state index contributed by atoms with van der Waals surface area (Å²) >= 11 is 0. The molecule has 0 aliphatic carbocycles. The minimum absolute atomic E-state index is 0. The molecule has 0 unspecified atom stereocenters. The van der Waals surface area contributed by atoms with Gasteiger partial charge in [-0.15, -0.1) is 0 Å². The van der Waals surface area contributed by atoms with E-state index < -0.39 is 24.8 Å². The van der Waals surface area contributed by atoms with E-state index >= 15 is 0 Å². The summed E-state index contributed by atoms with van der Waals surface area (Å²) in [5.41, 5.74) is 0. The van der Waals surface area contributed by atoms with Gasteiger partial charge >= 0.3 is 37.7 Å². The average Bonchev–Trinajstić information content (AvgIpc) is 1.61. The van der Waals surface area contributed by atoms with Gasteiger partial charge in [-0.05, 0) is 12.8 Å². The predicted octanol–water partition coefficient (Wildman–Crippen LogP) is -8.73. The summed E-state index contributed by atoms with van der Waals surface area (Å²) in [6.45, 7) is 0. The van der Waals surface area contributed by atoms with E-state index in [0.717, 1.165) is 0 Å². The van der Waals surface area contributed by atoms with Crippen molar-refractivity contribution in [2.45, 2.75) is 12.8 Å². The van der Waals surface area contributed by atoms with E-state index in [-0.39, 0.29) is 37.7 Å². The van der Waals surface area contributed by atoms with Crippen LogP contribution in [0.25, 0.3) is 0 Å². The zero-order valence-electron chi connectivity index (χ0n) is 6.05. The third kappa shape index (κ3) is 15.7. The Hall–Kier alpha value is 0.135. The second-order valence-corrected chi connectivity index (χ2v) is 1.24. The maximum Gasteiger partial charge on any atom is 1.00 e. The third-order valence-corrected chi connectivity index (χ3v) is 0.533.